The summed E-state index contributed by atoms with van der Waals surface area (Å²) >= 11 is 1.65. The molecule has 1 aliphatic carbocycles. The number of hydrogen-bond donors (Lipinski definition) is 2. The fraction of sp³-hybridized carbons (Fsp3) is 0.533. The number of carbonyl (C=O) groups is 1. The number of nitrogens with one attached hydrogen (secondary N) is 2. The average Bonchev–Trinajstić information content (AvgIpc) is 3.13. The second-order valence-corrected chi connectivity index (χ2v) is 6.79. The first-order valence-electron chi connectivity index (χ1n) is 7.53. The van der Waals surface area contributed by atoms with Crippen molar-refractivity contribution in [3.63, 3.8) is 0 Å². The maximum absolute atomic E-state index is 12.2. The van der Waals surface area contributed by atoms with Crippen molar-refractivity contribution in [3.05, 3.63) is 33.6 Å². The lowest BCUT2D eigenvalue weighted by atomic mass is 9.92. The molecule has 1 unspecified atom stereocenters. The van der Waals surface area contributed by atoms with E-state index in [0.29, 0.717) is 11.7 Å². The van der Waals surface area contributed by atoms with E-state index in [1.165, 1.54) is 0 Å². The Labute approximate surface area is 133 Å². The summed E-state index contributed by atoms with van der Waals surface area (Å²) in [5.41, 5.74) is 1.38. The van der Waals surface area contributed by atoms with Crippen molar-refractivity contribution in [2.24, 2.45) is 0 Å². The third-order valence-electron chi connectivity index (χ3n) is 3.70. The van der Waals surface area contributed by atoms with Crippen LogP contribution in [0.15, 0.2) is 16.1 Å². The molecule has 2 N–H and O–H groups in total. The molecule has 22 heavy (non-hydrogen) atoms. The number of hydrogen-bond acceptors (Lipinski definition) is 6. The quantitative estimate of drug-likeness (QED) is 0.880. The van der Waals surface area contributed by atoms with Crippen LogP contribution in [0.3, 0.4) is 0 Å². The van der Waals surface area contributed by atoms with Crippen molar-refractivity contribution in [2.45, 2.75) is 51.7 Å². The molecule has 0 saturated heterocycles. The number of amides is 1. The Balaban J connectivity index is 1.66. The highest BCUT2D eigenvalue weighted by Crippen LogP contribution is 2.25. The molecule has 0 radical (unpaired) electrons. The molecule has 6 nitrogen and oxygen atoms in total. The molecular weight excluding hydrogens is 300 g/mol. The van der Waals surface area contributed by atoms with Crippen LogP contribution in [-0.4, -0.2) is 28.1 Å². The van der Waals surface area contributed by atoms with Crippen LogP contribution in [0, 0.1) is 0 Å². The maximum atomic E-state index is 12.2. The van der Waals surface area contributed by atoms with Gasteiger partial charge in [0.1, 0.15) is 10.8 Å². The van der Waals surface area contributed by atoms with Crippen LogP contribution >= 0.6 is 11.3 Å². The molecule has 118 valence electrons. The summed E-state index contributed by atoms with van der Waals surface area (Å²) in [5.74, 6) is 0.696. The summed E-state index contributed by atoms with van der Waals surface area (Å²) in [6.45, 7) is 4.63. The van der Waals surface area contributed by atoms with Gasteiger partial charge in [-0.25, -0.2) is 4.98 Å². The maximum Gasteiger partial charge on any atom is 0.273 e. The molecule has 2 aromatic rings. The van der Waals surface area contributed by atoms with Gasteiger partial charge in [-0.05, 0) is 26.7 Å². The van der Waals surface area contributed by atoms with Crippen molar-refractivity contribution in [1.29, 1.82) is 0 Å². The fourth-order valence-electron chi connectivity index (χ4n) is 2.66. The molecule has 0 bridgehead atoms. The molecule has 1 aliphatic rings. The zero-order valence-electron chi connectivity index (χ0n) is 12.8. The van der Waals surface area contributed by atoms with Crippen LogP contribution in [0.2, 0.25) is 0 Å². The summed E-state index contributed by atoms with van der Waals surface area (Å²) in [4.78, 5) is 16.5. The molecule has 0 spiro atoms. The van der Waals surface area contributed by atoms with Gasteiger partial charge in [0.15, 0.2) is 5.69 Å². The minimum atomic E-state index is -0.152. The molecule has 1 amide bonds. The number of carbonyl (C=O) groups excluding carboxylic acids is 1. The largest absolute Gasteiger partial charge is 0.360 e. The van der Waals surface area contributed by atoms with E-state index in [1.807, 2.05) is 25.4 Å². The Bertz CT molecular complexity index is 636. The third kappa shape index (κ3) is 3.36. The summed E-state index contributed by atoms with van der Waals surface area (Å²) < 4.78 is 5.34. The normalized spacial score (nSPS) is 17.5. The second kappa shape index (κ2) is 6.58. The van der Waals surface area contributed by atoms with E-state index in [0.717, 1.165) is 42.1 Å². The predicted molar refractivity (Wildman–Crippen MR) is 83.9 cm³/mol. The van der Waals surface area contributed by atoms with Crippen LogP contribution in [0.5, 0.6) is 0 Å². The zero-order valence-corrected chi connectivity index (χ0v) is 13.6. The first kappa shape index (κ1) is 15.2. The third-order valence-corrected chi connectivity index (χ3v) is 4.48. The van der Waals surface area contributed by atoms with Crippen LogP contribution in [0.25, 0.3) is 0 Å². The number of thiazole rings is 1. The number of fused-ring (bicyclic) bond motifs is 1. The Morgan fingerprint density at radius 2 is 2.41 bits per heavy atom. The SMILES string of the molecule is CC(C)NC(=O)c1noc2c1CC(NCc1nccs1)CC2. The van der Waals surface area contributed by atoms with Gasteiger partial charge in [0, 0.05) is 42.2 Å². The molecule has 2 aromatic heterocycles. The molecule has 0 saturated carbocycles. The first-order valence-corrected chi connectivity index (χ1v) is 8.41. The summed E-state index contributed by atoms with van der Waals surface area (Å²) in [6.07, 6.45) is 4.38. The highest BCUT2D eigenvalue weighted by molar-refractivity contribution is 7.09. The van der Waals surface area contributed by atoms with Crippen LogP contribution < -0.4 is 10.6 Å². The lowest BCUT2D eigenvalue weighted by Crippen LogP contribution is -2.36. The van der Waals surface area contributed by atoms with E-state index in [2.05, 4.69) is 20.8 Å². The molecule has 0 fully saturated rings. The minimum Gasteiger partial charge on any atom is -0.360 e. The van der Waals surface area contributed by atoms with Crippen molar-refractivity contribution >= 4 is 17.2 Å². The zero-order chi connectivity index (χ0) is 15.5. The van der Waals surface area contributed by atoms with E-state index >= 15 is 0 Å². The number of aryl methyl sites for hydroxylation is 1. The molecule has 2 heterocycles. The molecular formula is C15H20N4O2S. The van der Waals surface area contributed by atoms with Gasteiger partial charge in [-0.15, -0.1) is 11.3 Å². The van der Waals surface area contributed by atoms with Crippen molar-refractivity contribution in [1.82, 2.24) is 20.8 Å². The summed E-state index contributed by atoms with van der Waals surface area (Å²) in [7, 11) is 0. The first-order chi connectivity index (χ1) is 10.6. The molecule has 0 aliphatic heterocycles. The van der Waals surface area contributed by atoms with E-state index < -0.39 is 0 Å². The van der Waals surface area contributed by atoms with Crippen LogP contribution in [0.4, 0.5) is 0 Å². The van der Waals surface area contributed by atoms with Gasteiger partial charge in [-0.3, -0.25) is 4.79 Å². The van der Waals surface area contributed by atoms with Crippen molar-refractivity contribution in [3.8, 4) is 0 Å². The summed E-state index contributed by atoms with van der Waals surface area (Å²) in [5, 5.41) is 13.4. The Morgan fingerprint density at radius 3 is 3.14 bits per heavy atom. The standard InChI is InChI=1S/C15H20N4O2S/c1-9(2)18-15(20)14-11-7-10(3-4-12(11)21-19-14)17-8-13-16-5-6-22-13/h5-6,9-10,17H,3-4,7-8H2,1-2H3,(H,18,20). The number of rotatable bonds is 5. The van der Waals surface area contributed by atoms with E-state index in [9.17, 15) is 4.79 Å². The Kier molecular flexibility index (Phi) is 4.54. The van der Waals surface area contributed by atoms with Crippen molar-refractivity contribution < 1.29 is 9.32 Å². The van der Waals surface area contributed by atoms with Gasteiger partial charge < -0.3 is 15.2 Å². The monoisotopic (exact) mass is 320 g/mol. The van der Waals surface area contributed by atoms with Gasteiger partial charge in [0.25, 0.3) is 5.91 Å². The highest BCUT2D eigenvalue weighted by Gasteiger charge is 2.28. The minimum absolute atomic E-state index is 0.0854. The van der Waals surface area contributed by atoms with Crippen molar-refractivity contribution in [2.75, 3.05) is 0 Å². The lowest BCUT2D eigenvalue weighted by Gasteiger charge is -2.22. The lowest BCUT2D eigenvalue weighted by molar-refractivity contribution is 0.0933. The Hall–Kier alpha value is -1.73. The molecule has 1 atom stereocenters. The number of nitrogens with zero attached hydrogens (tertiary/aromatic N) is 2. The van der Waals surface area contributed by atoms with Gasteiger partial charge in [0.2, 0.25) is 0 Å². The number of aromatic nitrogens is 2. The second-order valence-electron chi connectivity index (χ2n) is 5.81. The molecule has 0 aromatic carbocycles. The predicted octanol–water partition coefficient (Wildman–Crippen LogP) is 1.92. The topological polar surface area (TPSA) is 80.0 Å². The van der Waals surface area contributed by atoms with Gasteiger partial charge in [0.05, 0.1) is 0 Å². The van der Waals surface area contributed by atoms with Gasteiger partial charge >= 0.3 is 0 Å². The average molecular weight is 320 g/mol. The highest BCUT2D eigenvalue weighted by atomic mass is 32.1. The fourth-order valence-corrected chi connectivity index (χ4v) is 3.23. The smallest absolute Gasteiger partial charge is 0.273 e. The van der Waals surface area contributed by atoms with Gasteiger partial charge in [-0.1, -0.05) is 5.16 Å². The van der Waals surface area contributed by atoms with E-state index in [-0.39, 0.29) is 11.9 Å². The van der Waals surface area contributed by atoms with Gasteiger partial charge in [-0.2, -0.15) is 0 Å². The van der Waals surface area contributed by atoms with E-state index in [1.54, 1.807) is 11.3 Å². The molecule has 3 rings (SSSR count). The molecule has 7 heteroatoms. The van der Waals surface area contributed by atoms with E-state index in [4.69, 9.17) is 4.52 Å². The van der Waals surface area contributed by atoms with Crippen LogP contribution in [-0.2, 0) is 19.4 Å². The Morgan fingerprint density at radius 1 is 1.55 bits per heavy atom. The van der Waals surface area contributed by atoms with Crippen LogP contribution in [0.1, 0.15) is 47.1 Å². The summed E-state index contributed by atoms with van der Waals surface area (Å²) in [6, 6.07) is 0.406.